The number of thiazole rings is 1. The van der Waals surface area contributed by atoms with E-state index >= 15 is 0 Å². The number of aliphatic hydroxyl groups excluding tert-OH is 1. The molecule has 5 rings (SSSR count). The standard InChI is InChI=1S/C29H26N2O3S/c1-4-18-10-15-22-23(16-18)35-29(30-22)31-25(20-13-11-19(12-14-20)17(2)3)24(27(33)28(31)34)26(32)21-8-6-5-7-9-21/h5-17,25,32H,4H2,1-3H3/t25-/m1/s1. The van der Waals surface area contributed by atoms with E-state index in [0.29, 0.717) is 16.6 Å². The summed E-state index contributed by atoms with van der Waals surface area (Å²) in [5.41, 5.74) is 4.43. The van der Waals surface area contributed by atoms with Gasteiger partial charge in [0.2, 0.25) is 0 Å². The number of aromatic nitrogens is 1. The highest BCUT2D eigenvalue weighted by Crippen LogP contribution is 2.44. The Balaban J connectivity index is 1.70. The number of fused-ring (bicyclic) bond motifs is 1. The Morgan fingerprint density at radius 1 is 1.03 bits per heavy atom. The van der Waals surface area contributed by atoms with Crippen LogP contribution < -0.4 is 4.90 Å². The van der Waals surface area contributed by atoms with Gasteiger partial charge in [0.1, 0.15) is 5.76 Å². The number of hydrogen-bond donors (Lipinski definition) is 1. The van der Waals surface area contributed by atoms with Crippen LogP contribution in [0.4, 0.5) is 5.13 Å². The third kappa shape index (κ3) is 4.04. The first-order chi connectivity index (χ1) is 16.9. The van der Waals surface area contributed by atoms with Crippen LogP contribution in [0.1, 0.15) is 55.0 Å². The first kappa shape index (κ1) is 23.0. The fourth-order valence-corrected chi connectivity index (χ4v) is 5.50. The molecular weight excluding hydrogens is 456 g/mol. The molecule has 3 aromatic carbocycles. The lowest BCUT2D eigenvalue weighted by atomic mass is 9.93. The third-order valence-corrected chi connectivity index (χ3v) is 7.48. The van der Waals surface area contributed by atoms with Crippen LogP contribution in [-0.4, -0.2) is 21.8 Å². The molecule has 1 amide bonds. The van der Waals surface area contributed by atoms with E-state index in [-0.39, 0.29) is 11.3 Å². The van der Waals surface area contributed by atoms with Crippen molar-refractivity contribution in [3.05, 3.63) is 101 Å². The Labute approximate surface area is 208 Å². The maximum absolute atomic E-state index is 13.4. The van der Waals surface area contributed by atoms with E-state index in [4.69, 9.17) is 4.98 Å². The van der Waals surface area contributed by atoms with Gasteiger partial charge in [0.05, 0.1) is 21.8 Å². The molecule has 35 heavy (non-hydrogen) atoms. The van der Waals surface area contributed by atoms with Gasteiger partial charge < -0.3 is 5.11 Å². The number of hydrogen-bond acceptors (Lipinski definition) is 5. The van der Waals surface area contributed by atoms with Gasteiger partial charge in [-0.25, -0.2) is 4.98 Å². The van der Waals surface area contributed by atoms with Gasteiger partial charge >= 0.3 is 5.91 Å². The van der Waals surface area contributed by atoms with E-state index in [1.807, 2.05) is 42.5 Å². The number of anilines is 1. The van der Waals surface area contributed by atoms with Crippen LogP contribution in [0.5, 0.6) is 0 Å². The van der Waals surface area contributed by atoms with Crippen LogP contribution in [0.3, 0.4) is 0 Å². The molecule has 1 atom stereocenters. The number of Topliss-reactive ketones (excluding diaryl/α,β-unsaturated/α-hetero) is 1. The predicted octanol–water partition coefficient (Wildman–Crippen LogP) is 6.61. The van der Waals surface area contributed by atoms with Crippen molar-refractivity contribution < 1.29 is 14.7 Å². The van der Waals surface area contributed by atoms with Crippen LogP contribution >= 0.6 is 11.3 Å². The summed E-state index contributed by atoms with van der Waals surface area (Å²) in [6.07, 6.45) is 0.896. The normalized spacial score (nSPS) is 17.6. The molecule has 6 heteroatoms. The fourth-order valence-electron chi connectivity index (χ4n) is 4.44. The molecule has 0 bridgehead atoms. The number of aryl methyl sites for hydroxylation is 1. The molecule has 176 valence electrons. The van der Waals surface area contributed by atoms with Crippen molar-refractivity contribution in [3.8, 4) is 0 Å². The number of nitrogens with zero attached hydrogens (tertiary/aromatic N) is 2. The van der Waals surface area contributed by atoms with Crippen molar-refractivity contribution in [3.63, 3.8) is 0 Å². The monoisotopic (exact) mass is 482 g/mol. The van der Waals surface area contributed by atoms with Gasteiger partial charge in [0.25, 0.3) is 5.78 Å². The van der Waals surface area contributed by atoms with Crippen molar-refractivity contribution in [1.82, 2.24) is 4.98 Å². The number of rotatable bonds is 5. The number of carbonyl (C=O) groups is 2. The molecule has 0 saturated carbocycles. The van der Waals surface area contributed by atoms with Crippen molar-refractivity contribution in [2.75, 3.05) is 4.90 Å². The average Bonchev–Trinajstić information content (AvgIpc) is 3.41. The molecule has 0 aliphatic carbocycles. The Morgan fingerprint density at radius 2 is 1.74 bits per heavy atom. The summed E-state index contributed by atoms with van der Waals surface area (Å²) >= 11 is 1.38. The van der Waals surface area contributed by atoms with Crippen molar-refractivity contribution in [1.29, 1.82) is 0 Å². The van der Waals surface area contributed by atoms with Crippen LogP contribution in [0.2, 0.25) is 0 Å². The van der Waals surface area contributed by atoms with Gasteiger partial charge in [-0.3, -0.25) is 14.5 Å². The second kappa shape index (κ2) is 9.12. The topological polar surface area (TPSA) is 70.5 Å². The summed E-state index contributed by atoms with van der Waals surface area (Å²) in [6.45, 7) is 6.32. The molecule has 1 aliphatic rings. The highest BCUT2D eigenvalue weighted by atomic mass is 32.1. The molecule has 2 heterocycles. The van der Waals surface area contributed by atoms with Crippen molar-refractivity contribution in [2.45, 2.75) is 39.2 Å². The Hall–Kier alpha value is -3.77. The van der Waals surface area contributed by atoms with Gasteiger partial charge in [-0.15, -0.1) is 0 Å². The van der Waals surface area contributed by atoms with E-state index in [1.165, 1.54) is 21.8 Å². The zero-order valence-electron chi connectivity index (χ0n) is 19.9. The van der Waals surface area contributed by atoms with Crippen LogP contribution in [-0.2, 0) is 16.0 Å². The smallest absolute Gasteiger partial charge is 0.301 e. The van der Waals surface area contributed by atoms with Crippen LogP contribution in [0.25, 0.3) is 16.0 Å². The summed E-state index contributed by atoms with van der Waals surface area (Å²) in [5.74, 6) is -1.23. The van der Waals surface area contributed by atoms with Gasteiger partial charge in [0, 0.05) is 5.56 Å². The van der Waals surface area contributed by atoms with Crippen LogP contribution in [0, 0.1) is 0 Å². The first-order valence-corrected chi connectivity index (χ1v) is 12.6. The molecule has 1 fully saturated rings. The van der Waals surface area contributed by atoms with E-state index in [2.05, 4.69) is 26.8 Å². The summed E-state index contributed by atoms with van der Waals surface area (Å²) in [7, 11) is 0. The Bertz CT molecular complexity index is 1450. The highest BCUT2D eigenvalue weighted by molar-refractivity contribution is 7.22. The van der Waals surface area contributed by atoms with Crippen molar-refractivity contribution in [2.24, 2.45) is 0 Å². The largest absolute Gasteiger partial charge is 0.507 e. The van der Waals surface area contributed by atoms with Crippen molar-refractivity contribution >= 4 is 44.1 Å². The maximum Gasteiger partial charge on any atom is 0.301 e. The van der Waals surface area contributed by atoms with Gasteiger partial charge in [-0.2, -0.15) is 0 Å². The lowest BCUT2D eigenvalue weighted by Gasteiger charge is -2.23. The van der Waals surface area contributed by atoms with E-state index < -0.39 is 17.7 Å². The summed E-state index contributed by atoms with van der Waals surface area (Å²) < 4.78 is 0.957. The minimum atomic E-state index is -0.775. The third-order valence-electron chi connectivity index (χ3n) is 6.47. The quantitative estimate of drug-likeness (QED) is 0.197. The number of carbonyl (C=O) groups excluding carboxylic acids is 2. The second-order valence-corrected chi connectivity index (χ2v) is 10.0. The molecule has 4 aromatic rings. The van der Waals surface area contributed by atoms with Gasteiger partial charge in [-0.05, 0) is 41.2 Å². The van der Waals surface area contributed by atoms with Gasteiger partial charge in [-0.1, -0.05) is 92.8 Å². The molecule has 1 aromatic heterocycles. The molecule has 0 radical (unpaired) electrons. The molecule has 0 spiro atoms. The second-order valence-electron chi connectivity index (χ2n) is 9.01. The van der Waals surface area contributed by atoms with E-state index in [1.54, 1.807) is 24.3 Å². The van der Waals surface area contributed by atoms with E-state index in [0.717, 1.165) is 27.8 Å². The lowest BCUT2D eigenvalue weighted by molar-refractivity contribution is -0.132. The SMILES string of the molecule is CCc1ccc2nc(N3C(=O)C(=O)C(=C(O)c4ccccc4)[C@H]3c3ccc(C(C)C)cc3)sc2c1. The predicted molar refractivity (Wildman–Crippen MR) is 141 cm³/mol. The fraction of sp³-hybridized carbons (Fsp3) is 0.207. The Kier molecular flexibility index (Phi) is 5.99. The minimum Gasteiger partial charge on any atom is -0.507 e. The lowest BCUT2D eigenvalue weighted by Crippen LogP contribution is -2.29. The minimum absolute atomic E-state index is 0.0759. The molecular formula is C29H26N2O3S. The average molecular weight is 483 g/mol. The molecule has 1 saturated heterocycles. The number of ketones is 1. The molecule has 0 unspecified atom stereocenters. The van der Waals surface area contributed by atoms with Crippen LogP contribution in [0.15, 0.2) is 78.4 Å². The number of amides is 1. The number of aliphatic hydroxyl groups is 1. The molecule has 1 aliphatic heterocycles. The first-order valence-electron chi connectivity index (χ1n) is 11.7. The molecule has 5 nitrogen and oxygen atoms in total. The maximum atomic E-state index is 13.4. The highest BCUT2D eigenvalue weighted by Gasteiger charge is 2.48. The number of benzene rings is 3. The van der Waals surface area contributed by atoms with E-state index in [9.17, 15) is 14.7 Å². The van der Waals surface area contributed by atoms with Gasteiger partial charge in [0.15, 0.2) is 5.13 Å². The summed E-state index contributed by atoms with van der Waals surface area (Å²) in [5, 5.41) is 11.7. The Morgan fingerprint density at radius 3 is 2.40 bits per heavy atom. The summed E-state index contributed by atoms with van der Waals surface area (Å²) in [6, 6.07) is 22.0. The zero-order valence-corrected chi connectivity index (χ0v) is 20.7. The zero-order chi connectivity index (χ0) is 24.7. The summed E-state index contributed by atoms with van der Waals surface area (Å²) in [4.78, 5) is 32.9. The molecule has 1 N–H and O–H groups in total.